The minimum Gasteiger partial charge on any atom is -0.507 e. The van der Waals surface area contributed by atoms with Gasteiger partial charge in [0.15, 0.2) is 0 Å². The fourth-order valence-electron chi connectivity index (χ4n) is 3.45. The monoisotopic (exact) mass is 320 g/mol. The summed E-state index contributed by atoms with van der Waals surface area (Å²) in [6.45, 7) is 0. The van der Waals surface area contributed by atoms with Crippen molar-refractivity contribution in [3.05, 3.63) is 54.1 Å². The number of hydrogen-bond donors (Lipinski definition) is 1. The first kappa shape index (κ1) is 14.9. The predicted molar refractivity (Wildman–Crippen MR) is 92.7 cm³/mol. The molecule has 0 unspecified atom stereocenters. The van der Waals surface area contributed by atoms with Crippen LogP contribution in [0.5, 0.6) is 5.75 Å². The Morgan fingerprint density at radius 3 is 2.42 bits per heavy atom. The lowest BCUT2D eigenvalue weighted by Gasteiger charge is -2.21. The van der Waals surface area contributed by atoms with Gasteiger partial charge in [-0.15, -0.1) is 0 Å². The van der Waals surface area contributed by atoms with Gasteiger partial charge >= 0.3 is 0 Å². The molecule has 3 aromatic rings. The largest absolute Gasteiger partial charge is 0.507 e. The van der Waals surface area contributed by atoms with Gasteiger partial charge in [0, 0.05) is 5.56 Å². The van der Waals surface area contributed by atoms with Crippen molar-refractivity contribution in [2.75, 3.05) is 0 Å². The quantitative estimate of drug-likeness (QED) is 0.724. The van der Waals surface area contributed by atoms with Gasteiger partial charge in [0.2, 0.25) is 5.82 Å². The molecule has 1 aliphatic carbocycles. The molecular weight excluding hydrogens is 300 g/mol. The Morgan fingerprint density at radius 1 is 0.917 bits per heavy atom. The number of benzene rings is 2. The first-order chi connectivity index (χ1) is 11.8. The van der Waals surface area contributed by atoms with Crippen LogP contribution in [0.2, 0.25) is 0 Å². The average molecular weight is 320 g/mol. The topological polar surface area (TPSA) is 59.2 Å². The molecule has 4 nitrogen and oxygen atoms in total. The molecule has 1 saturated carbocycles. The summed E-state index contributed by atoms with van der Waals surface area (Å²) in [5.74, 6) is 1.72. The van der Waals surface area contributed by atoms with Crippen molar-refractivity contribution in [3.8, 4) is 28.6 Å². The molecule has 0 atom stereocenters. The molecule has 1 aromatic heterocycles. The Hall–Kier alpha value is -2.62. The van der Waals surface area contributed by atoms with Crippen molar-refractivity contribution in [1.29, 1.82) is 0 Å². The molecule has 0 spiro atoms. The van der Waals surface area contributed by atoms with Crippen molar-refractivity contribution in [2.24, 2.45) is 0 Å². The van der Waals surface area contributed by atoms with Crippen LogP contribution in [0.4, 0.5) is 0 Å². The maximum absolute atomic E-state index is 9.90. The standard InChI is InChI=1S/C20H20N2O2/c23-18-9-5-4-8-17(18)19-21-20(24-22-19)16-12-10-15(11-13-16)14-6-2-1-3-7-14/h4-5,8-14,23H,1-3,6-7H2. The summed E-state index contributed by atoms with van der Waals surface area (Å²) >= 11 is 0. The summed E-state index contributed by atoms with van der Waals surface area (Å²) in [7, 11) is 0. The van der Waals surface area contributed by atoms with E-state index in [9.17, 15) is 5.11 Å². The van der Waals surface area contributed by atoms with Gasteiger partial charge < -0.3 is 9.63 Å². The van der Waals surface area contributed by atoms with Gasteiger partial charge in [0.05, 0.1) is 5.56 Å². The summed E-state index contributed by atoms with van der Waals surface area (Å²) in [4.78, 5) is 4.42. The number of para-hydroxylation sites is 1. The highest BCUT2D eigenvalue weighted by Gasteiger charge is 2.17. The smallest absolute Gasteiger partial charge is 0.258 e. The molecule has 1 N–H and O–H groups in total. The van der Waals surface area contributed by atoms with E-state index in [1.807, 2.05) is 18.2 Å². The molecule has 4 heteroatoms. The van der Waals surface area contributed by atoms with Crippen molar-refractivity contribution in [1.82, 2.24) is 10.1 Å². The van der Waals surface area contributed by atoms with E-state index in [2.05, 4.69) is 22.3 Å². The number of phenols is 1. The van der Waals surface area contributed by atoms with Crippen LogP contribution < -0.4 is 0 Å². The van der Waals surface area contributed by atoms with E-state index in [1.54, 1.807) is 18.2 Å². The van der Waals surface area contributed by atoms with E-state index in [1.165, 1.54) is 37.7 Å². The zero-order valence-corrected chi connectivity index (χ0v) is 13.5. The van der Waals surface area contributed by atoms with Crippen molar-refractivity contribution in [2.45, 2.75) is 38.0 Å². The van der Waals surface area contributed by atoms with E-state index in [0.29, 0.717) is 23.2 Å². The van der Waals surface area contributed by atoms with Crippen molar-refractivity contribution >= 4 is 0 Å². The zero-order chi connectivity index (χ0) is 16.4. The van der Waals surface area contributed by atoms with Gasteiger partial charge in [0.25, 0.3) is 5.89 Å². The molecule has 1 aliphatic rings. The Bertz CT molecular complexity index is 818. The minimum atomic E-state index is 0.150. The van der Waals surface area contributed by atoms with Crippen molar-refractivity contribution < 1.29 is 9.63 Å². The van der Waals surface area contributed by atoms with Crippen molar-refractivity contribution in [3.63, 3.8) is 0 Å². The fourth-order valence-corrected chi connectivity index (χ4v) is 3.45. The van der Waals surface area contributed by atoms with E-state index in [4.69, 9.17) is 4.52 Å². The van der Waals surface area contributed by atoms with Gasteiger partial charge in [-0.25, -0.2) is 0 Å². The lowest BCUT2D eigenvalue weighted by atomic mass is 9.84. The first-order valence-corrected chi connectivity index (χ1v) is 8.54. The maximum Gasteiger partial charge on any atom is 0.258 e. The third-order valence-corrected chi connectivity index (χ3v) is 4.81. The third kappa shape index (κ3) is 2.92. The second-order valence-electron chi connectivity index (χ2n) is 6.40. The molecular formula is C20H20N2O2. The second kappa shape index (κ2) is 6.48. The molecule has 0 radical (unpaired) electrons. The lowest BCUT2D eigenvalue weighted by Crippen LogP contribution is -2.04. The molecule has 1 heterocycles. The van der Waals surface area contributed by atoms with Crippen LogP contribution in [-0.2, 0) is 0 Å². The van der Waals surface area contributed by atoms with Crippen LogP contribution in [0.15, 0.2) is 53.1 Å². The van der Waals surface area contributed by atoms with Gasteiger partial charge in [0.1, 0.15) is 5.75 Å². The zero-order valence-electron chi connectivity index (χ0n) is 13.5. The molecule has 4 rings (SSSR count). The second-order valence-corrected chi connectivity index (χ2v) is 6.40. The SMILES string of the molecule is Oc1ccccc1-c1noc(-c2ccc(C3CCCCC3)cc2)n1. The Kier molecular flexibility index (Phi) is 4.03. The van der Waals surface area contributed by atoms with Crippen LogP contribution in [0, 0.1) is 0 Å². The number of phenolic OH excluding ortho intramolecular Hbond substituents is 1. The number of aromatic nitrogens is 2. The molecule has 0 amide bonds. The van der Waals surface area contributed by atoms with E-state index < -0.39 is 0 Å². The normalized spacial score (nSPS) is 15.5. The number of rotatable bonds is 3. The highest BCUT2D eigenvalue weighted by atomic mass is 16.5. The highest BCUT2D eigenvalue weighted by Crippen LogP contribution is 2.34. The number of hydrogen-bond acceptors (Lipinski definition) is 4. The Balaban J connectivity index is 1.57. The van der Waals surface area contributed by atoms with Gasteiger partial charge in [-0.1, -0.05) is 48.7 Å². The highest BCUT2D eigenvalue weighted by molar-refractivity contribution is 5.65. The molecule has 1 fully saturated rings. The maximum atomic E-state index is 9.90. The number of nitrogens with zero attached hydrogens (tertiary/aromatic N) is 2. The minimum absolute atomic E-state index is 0.150. The Labute approximate surface area is 141 Å². The summed E-state index contributed by atoms with van der Waals surface area (Å²) in [5, 5.41) is 13.9. The molecule has 0 saturated heterocycles. The van der Waals surface area contributed by atoms with Crippen LogP contribution in [0.25, 0.3) is 22.8 Å². The summed E-state index contributed by atoms with van der Waals surface area (Å²) < 4.78 is 5.37. The summed E-state index contributed by atoms with van der Waals surface area (Å²) in [6, 6.07) is 15.4. The van der Waals surface area contributed by atoms with Gasteiger partial charge in [-0.3, -0.25) is 0 Å². The van der Waals surface area contributed by atoms with Crippen LogP contribution in [0.1, 0.15) is 43.6 Å². The van der Waals surface area contributed by atoms with Gasteiger partial charge in [-0.05, 0) is 48.6 Å². The molecule has 2 aromatic carbocycles. The molecule has 0 aliphatic heterocycles. The lowest BCUT2D eigenvalue weighted by molar-refractivity contribution is 0.430. The first-order valence-electron chi connectivity index (χ1n) is 8.54. The molecule has 0 bridgehead atoms. The third-order valence-electron chi connectivity index (χ3n) is 4.81. The van der Waals surface area contributed by atoms with E-state index in [0.717, 1.165) is 5.56 Å². The summed E-state index contributed by atoms with van der Waals surface area (Å²) in [5.41, 5.74) is 2.88. The van der Waals surface area contributed by atoms with Gasteiger partial charge in [-0.2, -0.15) is 4.98 Å². The predicted octanol–water partition coefficient (Wildman–Crippen LogP) is 5.16. The van der Waals surface area contributed by atoms with E-state index in [-0.39, 0.29) is 5.75 Å². The Morgan fingerprint density at radius 2 is 1.67 bits per heavy atom. The molecule has 24 heavy (non-hydrogen) atoms. The molecule has 122 valence electrons. The number of aromatic hydroxyl groups is 1. The average Bonchev–Trinajstić information content (AvgIpc) is 3.13. The fraction of sp³-hybridized carbons (Fsp3) is 0.300. The van der Waals surface area contributed by atoms with Crippen LogP contribution in [0.3, 0.4) is 0 Å². The van der Waals surface area contributed by atoms with Crippen LogP contribution >= 0.6 is 0 Å². The van der Waals surface area contributed by atoms with Crippen LogP contribution in [-0.4, -0.2) is 15.2 Å². The van der Waals surface area contributed by atoms with E-state index >= 15 is 0 Å². The summed E-state index contributed by atoms with van der Waals surface area (Å²) in [6.07, 6.45) is 6.61.